The van der Waals surface area contributed by atoms with E-state index in [0.717, 1.165) is 6.54 Å². The third kappa shape index (κ3) is 3.33. The summed E-state index contributed by atoms with van der Waals surface area (Å²) in [6, 6.07) is 4.81. The van der Waals surface area contributed by atoms with E-state index in [9.17, 15) is 0 Å². The Bertz CT molecular complexity index is 326. The largest absolute Gasteiger partial charge is 0.349 e. The predicted molar refractivity (Wildman–Crippen MR) is 72.2 cm³/mol. The van der Waals surface area contributed by atoms with Gasteiger partial charge in [0.2, 0.25) is 0 Å². The Morgan fingerprint density at radius 1 is 1.24 bits per heavy atom. The third-order valence-corrected chi connectivity index (χ3v) is 3.85. The zero-order valence-corrected chi connectivity index (χ0v) is 11.2. The first-order valence-electron chi connectivity index (χ1n) is 6.86. The summed E-state index contributed by atoms with van der Waals surface area (Å²) in [6.45, 7) is 7.11. The normalized spacial score (nSPS) is 19.4. The molecule has 0 radical (unpaired) electrons. The smallest absolute Gasteiger partial charge is 0.0443 e. The van der Waals surface area contributed by atoms with Crippen LogP contribution < -0.4 is 5.32 Å². The maximum Gasteiger partial charge on any atom is 0.0443 e. The highest BCUT2D eigenvalue weighted by molar-refractivity contribution is 5.11. The van der Waals surface area contributed by atoms with Gasteiger partial charge in [0.15, 0.2) is 0 Å². The first kappa shape index (κ1) is 12.7. The van der Waals surface area contributed by atoms with Crippen molar-refractivity contribution in [1.82, 2.24) is 14.8 Å². The SMILES string of the molecule is CNC(C)c1cccn1CCN1CCCCC1. The first-order valence-corrected chi connectivity index (χ1v) is 6.86. The van der Waals surface area contributed by atoms with Gasteiger partial charge in [-0.3, -0.25) is 0 Å². The quantitative estimate of drug-likeness (QED) is 0.845. The molecule has 17 heavy (non-hydrogen) atoms. The molecule has 1 atom stereocenters. The van der Waals surface area contributed by atoms with Crippen molar-refractivity contribution in [3.05, 3.63) is 24.0 Å². The fraction of sp³-hybridized carbons (Fsp3) is 0.714. The lowest BCUT2D eigenvalue weighted by Gasteiger charge is -2.27. The minimum absolute atomic E-state index is 0.436. The average Bonchev–Trinajstić information content (AvgIpc) is 2.85. The predicted octanol–water partition coefficient (Wildman–Crippen LogP) is 2.25. The molecule has 0 aromatic carbocycles. The van der Waals surface area contributed by atoms with Gasteiger partial charge in [0.05, 0.1) is 0 Å². The molecule has 1 N–H and O–H groups in total. The zero-order chi connectivity index (χ0) is 12.1. The number of hydrogen-bond acceptors (Lipinski definition) is 2. The summed E-state index contributed by atoms with van der Waals surface area (Å²) in [4.78, 5) is 2.59. The van der Waals surface area contributed by atoms with E-state index in [1.54, 1.807) is 0 Å². The summed E-state index contributed by atoms with van der Waals surface area (Å²) in [5, 5.41) is 3.31. The van der Waals surface area contributed by atoms with Crippen molar-refractivity contribution >= 4 is 0 Å². The summed E-state index contributed by atoms with van der Waals surface area (Å²) in [5.41, 5.74) is 1.39. The van der Waals surface area contributed by atoms with E-state index in [0.29, 0.717) is 6.04 Å². The van der Waals surface area contributed by atoms with Crippen molar-refractivity contribution in [3.63, 3.8) is 0 Å². The molecule has 1 aliphatic rings. The molecule has 0 aliphatic carbocycles. The molecule has 1 unspecified atom stereocenters. The molecule has 3 nitrogen and oxygen atoms in total. The fourth-order valence-electron chi connectivity index (χ4n) is 2.60. The van der Waals surface area contributed by atoms with E-state index in [-0.39, 0.29) is 0 Å². The summed E-state index contributed by atoms with van der Waals surface area (Å²) in [7, 11) is 2.02. The van der Waals surface area contributed by atoms with Crippen molar-refractivity contribution in [1.29, 1.82) is 0 Å². The Labute approximate surface area is 105 Å². The van der Waals surface area contributed by atoms with E-state index in [1.165, 1.54) is 44.6 Å². The molecule has 1 saturated heterocycles. The van der Waals surface area contributed by atoms with Gasteiger partial charge in [0, 0.05) is 31.0 Å². The molecule has 0 spiro atoms. The second-order valence-corrected chi connectivity index (χ2v) is 5.04. The van der Waals surface area contributed by atoms with Crippen LogP contribution in [0.25, 0.3) is 0 Å². The summed E-state index contributed by atoms with van der Waals surface area (Å²) >= 11 is 0. The van der Waals surface area contributed by atoms with E-state index in [4.69, 9.17) is 0 Å². The van der Waals surface area contributed by atoms with Gasteiger partial charge < -0.3 is 14.8 Å². The van der Waals surface area contributed by atoms with Gasteiger partial charge in [-0.1, -0.05) is 6.42 Å². The molecule has 96 valence electrons. The lowest BCUT2D eigenvalue weighted by molar-refractivity contribution is 0.220. The number of hydrogen-bond donors (Lipinski definition) is 1. The maximum atomic E-state index is 3.31. The highest BCUT2D eigenvalue weighted by atomic mass is 15.2. The van der Waals surface area contributed by atoms with Crippen LogP contribution in [0.3, 0.4) is 0 Å². The molecule has 1 aliphatic heterocycles. The van der Waals surface area contributed by atoms with Gasteiger partial charge in [-0.05, 0) is 52.0 Å². The van der Waals surface area contributed by atoms with Crippen LogP contribution in [0.2, 0.25) is 0 Å². The Hall–Kier alpha value is -0.800. The molecule has 1 aromatic rings. The van der Waals surface area contributed by atoms with Crippen molar-refractivity contribution in [2.45, 2.75) is 38.8 Å². The second-order valence-electron chi connectivity index (χ2n) is 5.04. The number of nitrogens with zero attached hydrogens (tertiary/aromatic N) is 2. The van der Waals surface area contributed by atoms with Crippen molar-refractivity contribution in [2.24, 2.45) is 0 Å². The Morgan fingerprint density at radius 3 is 2.71 bits per heavy atom. The highest BCUT2D eigenvalue weighted by Gasteiger charge is 2.11. The summed E-state index contributed by atoms with van der Waals surface area (Å²) in [6.07, 6.45) is 6.38. The molecule has 1 aromatic heterocycles. The summed E-state index contributed by atoms with van der Waals surface area (Å²) < 4.78 is 2.38. The van der Waals surface area contributed by atoms with E-state index in [1.807, 2.05) is 7.05 Å². The van der Waals surface area contributed by atoms with Crippen LogP contribution >= 0.6 is 0 Å². The van der Waals surface area contributed by atoms with E-state index < -0.39 is 0 Å². The molecule has 2 heterocycles. The third-order valence-electron chi connectivity index (χ3n) is 3.85. The Morgan fingerprint density at radius 2 is 2.00 bits per heavy atom. The molecule has 0 saturated carbocycles. The minimum Gasteiger partial charge on any atom is -0.349 e. The van der Waals surface area contributed by atoms with Gasteiger partial charge >= 0.3 is 0 Å². The topological polar surface area (TPSA) is 20.2 Å². The molecule has 0 bridgehead atoms. The summed E-state index contributed by atoms with van der Waals surface area (Å²) in [5.74, 6) is 0. The molecular formula is C14H25N3. The molecular weight excluding hydrogens is 210 g/mol. The van der Waals surface area contributed by atoms with Gasteiger partial charge in [0.25, 0.3) is 0 Å². The van der Waals surface area contributed by atoms with Crippen molar-refractivity contribution in [3.8, 4) is 0 Å². The molecule has 3 heteroatoms. The first-order chi connectivity index (χ1) is 8.31. The molecule has 2 rings (SSSR count). The number of piperidine rings is 1. The lowest BCUT2D eigenvalue weighted by Crippen LogP contribution is -2.33. The standard InChI is InChI=1S/C14H25N3/c1-13(15-2)14-7-6-10-17(14)12-11-16-8-4-3-5-9-16/h6-7,10,13,15H,3-5,8-9,11-12H2,1-2H3. The van der Waals surface area contributed by atoms with Crippen LogP contribution in [0.15, 0.2) is 18.3 Å². The molecule has 0 amide bonds. The number of rotatable bonds is 5. The van der Waals surface area contributed by atoms with E-state index >= 15 is 0 Å². The van der Waals surface area contributed by atoms with Gasteiger partial charge in [-0.2, -0.15) is 0 Å². The number of nitrogens with one attached hydrogen (secondary N) is 1. The monoisotopic (exact) mass is 235 g/mol. The van der Waals surface area contributed by atoms with Crippen molar-refractivity contribution < 1.29 is 0 Å². The average molecular weight is 235 g/mol. The highest BCUT2D eigenvalue weighted by Crippen LogP contribution is 2.14. The Balaban J connectivity index is 1.87. The lowest BCUT2D eigenvalue weighted by atomic mass is 10.1. The van der Waals surface area contributed by atoms with Gasteiger partial charge in [-0.25, -0.2) is 0 Å². The zero-order valence-electron chi connectivity index (χ0n) is 11.2. The maximum absolute atomic E-state index is 3.31. The van der Waals surface area contributed by atoms with Crippen LogP contribution in [-0.2, 0) is 6.54 Å². The second kappa shape index (κ2) is 6.22. The molecule has 1 fully saturated rings. The van der Waals surface area contributed by atoms with E-state index in [2.05, 4.69) is 40.0 Å². The van der Waals surface area contributed by atoms with Crippen LogP contribution in [0.1, 0.15) is 37.9 Å². The van der Waals surface area contributed by atoms with Crippen LogP contribution in [0, 0.1) is 0 Å². The van der Waals surface area contributed by atoms with Crippen LogP contribution in [-0.4, -0.2) is 36.1 Å². The number of aromatic nitrogens is 1. The fourth-order valence-corrected chi connectivity index (χ4v) is 2.60. The van der Waals surface area contributed by atoms with Crippen LogP contribution in [0.5, 0.6) is 0 Å². The minimum atomic E-state index is 0.436. The number of likely N-dealkylation sites (tertiary alicyclic amines) is 1. The van der Waals surface area contributed by atoms with Gasteiger partial charge in [0.1, 0.15) is 0 Å². The Kier molecular flexibility index (Phi) is 4.63. The van der Waals surface area contributed by atoms with Gasteiger partial charge in [-0.15, -0.1) is 0 Å². The van der Waals surface area contributed by atoms with Crippen molar-refractivity contribution in [2.75, 3.05) is 26.7 Å². The van der Waals surface area contributed by atoms with Crippen LogP contribution in [0.4, 0.5) is 0 Å².